The Morgan fingerprint density at radius 2 is 2.13 bits per heavy atom. The molecule has 1 aliphatic heterocycles. The smallest absolute Gasteiger partial charge is 0.318 e. The Kier molecular flexibility index (Phi) is 2.57. The normalized spacial score (nSPS) is 18.1. The van der Waals surface area contributed by atoms with Crippen molar-refractivity contribution in [3.05, 3.63) is 5.89 Å². The fourth-order valence-electron chi connectivity index (χ4n) is 1.73. The lowest BCUT2D eigenvalue weighted by atomic mass is 9.97. The number of rotatable bonds is 2. The van der Waals surface area contributed by atoms with E-state index in [1.54, 1.807) is 6.92 Å². The predicted octanol–water partition coefficient (Wildman–Crippen LogP) is 0.679. The standard InChI is InChI=1S/C9H13N3O3/c1-6-10-11-9(15-6)12-4-2-7(3-5-12)8(13)14/h7H,2-5H2,1H3,(H,13,14). The van der Waals surface area contributed by atoms with Crippen LogP contribution in [0.5, 0.6) is 0 Å². The summed E-state index contributed by atoms with van der Waals surface area (Å²) in [4.78, 5) is 12.7. The second kappa shape index (κ2) is 3.88. The third-order valence-corrected chi connectivity index (χ3v) is 2.63. The van der Waals surface area contributed by atoms with E-state index < -0.39 is 5.97 Å². The number of aryl methyl sites for hydroxylation is 1. The molecule has 0 bridgehead atoms. The number of hydrogen-bond donors (Lipinski definition) is 1. The number of anilines is 1. The molecule has 0 aromatic carbocycles. The van der Waals surface area contributed by atoms with Crippen molar-refractivity contribution in [2.45, 2.75) is 19.8 Å². The lowest BCUT2D eigenvalue weighted by Crippen LogP contribution is -2.36. The molecule has 6 nitrogen and oxygen atoms in total. The number of aromatic nitrogens is 2. The van der Waals surface area contributed by atoms with Gasteiger partial charge in [-0.1, -0.05) is 5.10 Å². The van der Waals surface area contributed by atoms with E-state index in [-0.39, 0.29) is 5.92 Å². The van der Waals surface area contributed by atoms with Crippen molar-refractivity contribution in [1.29, 1.82) is 0 Å². The van der Waals surface area contributed by atoms with Crippen molar-refractivity contribution < 1.29 is 14.3 Å². The minimum Gasteiger partial charge on any atom is -0.481 e. The Morgan fingerprint density at radius 1 is 1.47 bits per heavy atom. The first kappa shape index (κ1) is 9.95. The SMILES string of the molecule is Cc1nnc(N2CCC(C(=O)O)CC2)o1. The molecule has 82 valence electrons. The summed E-state index contributed by atoms with van der Waals surface area (Å²) in [6.07, 6.45) is 1.27. The first-order chi connectivity index (χ1) is 7.16. The zero-order chi connectivity index (χ0) is 10.8. The van der Waals surface area contributed by atoms with Crippen LogP contribution in [0.25, 0.3) is 0 Å². The summed E-state index contributed by atoms with van der Waals surface area (Å²) in [5.41, 5.74) is 0. The molecule has 1 saturated heterocycles. The Bertz CT molecular complexity index is 355. The van der Waals surface area contributed by atoms with Crippen LogP contribution in [-0.2, 0) is 4.79 Å². The fraction of sp³-hybridized carbons (Fsp3) is 0.667. The highest BCUT2D eigenvalue weighted by molar-refractivity contribution is 5.70. The minimum absolute atomic E-state index is 0.231. The Labute approximate surface area is 86.9 Å². The van der Waals surface area contributed by atoms with Crippen LogP contribution in [0.4, 0.5) is 6.01 Å². The van der Waals surface area contributed by atoms with Crippen LogP contribution in [0.1, 0.15) is 18.7 Å². The molecule has 2 heterocycles. The molecule has 15 heavy (non-hydrogen) atoms. The molecule has 1 aromatic rings. The van der Waals surface area contributed by atoms with Crippen molar-refractivity contribution in [2.75, 3.05) is 18.0 Å². The molecule has 2 rings (SSSR count). The monoisotopic (exact) mass is 211 g/mol. The Hall–Kier alpha value is -1.59. The molecular formula is C9H13N3O3. The zero-order valence-electron chi connectivity index (χ0n) is 8.51. The highest BCUT2D eigenvalue weighted by atomic mass is 16.4. The van der Waals surface area contributed by atoms with Gasteiger partial charge in [-0.3, -0.25) is 4.79 Å². The third kappa shape index (κ3) is 2.08. The summed E-state index contributed by atoms with van der Waals surface area (Å²) in [7, 11) is 0. The van der Waals surface area contributed by atoms with Crippen molar-refractivity contribution >= 4 is 12.0 Å². The van der Waals surface area contributed by atoms with E-state index >= 15 is 0 Å². The molecule has 1 aromatic heterocycles. The maximum atomic E-state index is 10.7. The molecule has 0 spiro atoms. The fourth-order valence-corrected chi connectivity index (χ4v) is 1.73. The van der Waals surface area contributed by atoms with E-state index in [1.165, 1.54) is 0 Å². The van der Waals surface area contributed by atoms with Gasteiger partial charge in [-0.15, -0.1) is 5.10 Å². The van der Waals surface area contributed by atoms with E-state index in [4.69, 9.17) is 9.52 Å². The van der Waals surface area contributed by atoms with Crippen molar-refractivity contribution in [3.8, 4) is 0 Å². The van der Waals surface area contributed by atoms with Crippen molar-refractivity contribution in [3.63, 3.8) is 0 Å². The first-order valence-electron chi connectivity index (χ1n) is 4.94. The van der Waals surface area contributed by atoms with Gasteiger partial charge in [0.05, 0.1) is 5.92 Å². The van der Waals surface area contributed by atoms with Gasteiger partial charge in [-0.25, -0.2) is 0 Å². The summed E-state index contributed by atoms with van der Waals surface area (Å²) < 4.78 is 5.27. The summed E-state index contributed by atoms with van der Waals surface area (Å²) in [5.74, 6) is -0.410. The number of nitrogens with zero attached hydrogens (tertiary/aromatic N) is 3. The second-order valence-corrected chi connectivity index (χ2v) is 3.70. The van der Waals surface area contributed by atoms with Gasteiger partial charge in [0.1, 0.15) is 0 Å². The third-order valence-electron chi connectivity index (χ3n) is 2.63. The van der Waals surface area contributed by atoms with Crippen LogP contribution in [0, 0.1) is 12.8 Å². The average molecular weight is 211 g/mol. The quantitative estimate of drug-likeness (QED) is 0.774. The lowest BCUT2D eigenvalue weighted by Gasteiger charge is -2.28. The average Bonchev–Trinajstić information content (AvgIpc) is 2.65. The molecule has 0 amide bonds. The number of aliphatic carboxylic acids is 1. The van der Waals surface area contributed by atoms with Crippen LogP contribution in [-0.4, -0.2) is 34.4 Å². The van der Waals surface area contributed by atoms with Crippen LogP contribution >= 0.6 is 0 Å². The van der Waals surface area contributed by atoms with E-state index in [0.717, 1.165) is 0 Å². The molecule has 1 N–H and O–H groups in total. The maximum Gasteiger partial charge on any atom is 0.318 e. The van der Waals surface area contributed by atoms with Gasteiger partial charge in [0.25, 0.3) is 0 Å². The van der Waals surface area contributed by atoms with Crippen LogP contribution in [0.2, 0.25) is 0 Å². The zero-order valence-corrected chi connectivity index (χ0v) is 8.51. The lowest BCUT2D eigenvalue weighted by molar-refractivity contribution is -0.142. The van der Waals surface area contributed by atoms with Crippen LogP contribution in [0.15, 0.2) is 4.42 Å². The van der Waals surface area contributed by atoms with Gasteiger partial charge in [0, 0.05) is 20.0 Å². The number of hydrogen-bond acceptors (Lipinski definition) is 5. The van der Waals surface area contributed by atoms with Crippen molar-refractivity contribution in [1.82, 2.24) is 10.2 Å². The van der Waals surface area contributed by atoms with Gasteiger partial charge in [0.15, 0.2) is 0 Å². The summed E-state index contributed by atoms with van der Waals surface area (Å²) >= 11 is 0. The molecular weight excluding hydrogens is 198 g/mol. The van der Waals surface area contributed by atoms with Gasteiger partial charge < -0.3 is 14.4 Å². The first-order valence-corrected chi connectivity index (χ1v) is 4.94. The van der Waals surface area contributed by atoms with E-state index in [0.29, 0.717) is 37.8 Å². The van der Waals surface area contributed by atoms with Gasteiger partial charge in [0.2, 0.25) is 5.89 Å². The number of carbonyl (C=O) groups is 1. The van der Waals surface area contributed by atoms with Crippen molar-refractivity contribution in [2.24, 2.45) is 5.92 Å². The summed E-state index contributed by atoms with van der Waals surface area (Å²) in [6, 6.07) is 0.497. The number of carboxylic acids is 1. The van der Waals surface area contributed by atoms with E-state index in [2.05, 4.69) is 10.2 Å². The second-order valence-electron chi connectivity index (χ2n) is 3.70. The topological polar surface area (TPSA) is 79.5 Å². The van der Waals surface area contributed by atoms with Crippen LogP contribution in [0.3, 0.4) is 0 Å². The molecule has 0 aliphatic carbocycles. The number of piperidine rings is 1. The highest BCUT2D eigenvalue weighted by Crippen LogP contribution is 2.21. The highest BCUT2D eigenvalue weighted by Gasteiger charge is 2.26. The molecule has 0 unspecified atom stereocenters. The van der Waals surface area contributed by atoms with Gasteiger partial charge in [-0.2, -0.15) is 0 Å². The molecule has 0 atom stereocenters. The van der Waals surface area contributed by atoms with E-state index in [1.807, 2.05) is 4.90 Å². The predicted molar refractivity (Wildman–Crippen MR) is 51.6 cm³/mol. The molecule has 6 heteroatoms. The van der Waals surface area contributed by atoms with Crippen LogP contribution < -0.4 is 4.90 Å². The molecule has 1 fully saturated rings. The largest absolute Gasteiger partial charge is 0.481 e. The summed E-state index contributed by atoms with van der Waals surface area (Å²) in [5, 5.41) is 16.5. The van der Waals surface area contributed by atoms with E-state index in [9.17, 15) is 4.79 Å². The summed E-state index contributed by atoms with van der Waals surface area (Å²) in [6.45, 7) is 3.07. The minimum atomic E-state index is -0.712. The number of carboxylic acid groups (broad SMARTS) is 1. The Balaban J connectivity index is 1.96. The van der Waals surface area contributed by atoms with Gasteiger partial charge in [-0.05, 0) is 12.8 Å². The molecule has 0 radical (unpaired) electrons. The maximum absolute atomic E-state index is 10.7. The molecule has 1 aliphatic rings. The Morgan fingerprint density at radius 3 is 2.60 bits per heavy atom. The molecule has 0 saturated carbocycles. The van der Waals surface area contributed by atoms with Gasteiger partial charge >= 0.3 is 12.0 Å².